The fourth-order valence-electron chi connectivity index (χ4n) is 3.55. The molecule has 1 unspecified atom stereocenters. The molecule has 9 heteroatoms. The summed E-state index contributed by atoms with van der Waals surface area (Å²) in [4.78, 5) is 42.4. The maximum Gasteiger partial charge on any atom is 0.352 e. The van der Waals surface area contributed by atoms with E-state index in [1.807, 2.05) is 53.9 Å². The number of thioether (sulfide) groups is 2. The van der Waals surface area contributed by atoms with E-state index in [4.69, 9.17) is 0 Å². The summed E-state index contributed by atoms with van der Waals surface area (Å²) in [6.45, 7) is 0. The second-order valence-corrected chi connectivity index (χ2v) is 9.27. The number of aliphatic carboxylic acids is 1. The predicted molar refractivity (Wildman–Crippen MR) is 126 cm³/mol. The van der Waals surface area contributed by atoms with Gasteiger partial charge in [0.25, 0.3) is 5.91 Å². The molecule has 1 aromatic heterocycles. The van der Waals surface area contributed by atoms with Crippen LogP contribution in [0.15, 0.2) is 71.5 Å². The van der Waals surface area contributed by atoms with E-state index in [9.17, 15) is 19.5 Å². The quantitative estimate of drug-likeness (QED) is 0.576. The Morgan fingerprint density at radius 2 is 2.06 bits per heavy atom. The van der Waals surface area contributed by atoms with Crippen molar-refractivity contribution in [2.24, 2.45) is 0 Å². The number of aromatic nitrogens is 1. The van der Waals surface area contributed by atoms with Crippen molar-refractivity contribution in [3.63, 3.8) is 0 Å². The lowest BCUT2D eigenvalue weighted by atomic mass is 10.0. The Morgan fingerprint density at radius 1 is 1.25 bits per heavy atom. The number of fused-ring (bicyclic) bond motifs is 1. The van der Waals surface area contributed by atoms with E-state index in [-0.39, 0.29) is 23.9 Å². The minimum absolute atomic E-state index is 0.0367. The fraction of sp³-hybridized carbons (Fsp3) is 0.217. The molecule has 32 heavy (non-hydrogen) atoms. The summed E-state index contributed by atoms with van der Waals surface area (Å²) in [5.41, 5.74) is 2.55. The summed E-state index contributed by atoms with van der Waals surface area (Å²) in [5.74, 6) is -0.793. The number of hydrogen-bond acceptors (Lipinski definition) is 6. The van der Waals surface area contributed by atoms with Crippen LogP contribution in [-0.2, 0) is 20.8 Å². The topological polar surface area (TPSA) is 99.6 Å². The highest BCUT2D eigenvalue weighted by Gasteiger charge is 2.54. The summed E-state index contributed by atoms with van der Waals surface area (Å²) >= 11 is 2.94. The molecule has 0 radical (unpaired) electrons. The van der Waals surface area contributed by atoms with Crippen LogP contribution in [0.4, 0.5) is 0 Å². The van der Waals surface area contributed by atoms with Gasteiger partial charge in [-0.1, -0.05) is 36.4 Å². The van der Waals surface area contributed by atoms with Crippen molar-refractivity contribution >= 4 is 47.4 Å². The van der Waals surface area contributed by atoms with Crippen LogP contribution in [0.3, 0.4) is 0 Å². The summed E-state index contributed by atoms with van der Waals surface area (Å²) in [5, 5.41) is 14.0. The zero-order valence-electron chi connectivity index (χ0n) is 17.0. The van der Waals surface area contributed by atoms with Gasteiger partial charge in [-0.25, -0.2) is 4.79 Å². The smallest absolute Gasteiger partial charge is 0.352 e. The first kappa shape index (κ1) is 22.2. The zero-order chi connectivity index (χ0) is 22.5. The minimum atomic E-state index is -1.12. The van der Waals surface area contributed by atoms with Crippen LogP contribution in [0.2, 0.25) is 0 Å². The second-order valence-electron chi connectivity index (χ2n) is 7.27. The number of carbonyl (C=O) groups excluding carboxylic acids is 2. The number of nitrogens with one attached hydrogen (secondary N) is 1. The van der Waals surface area contributed by atoms with Gasteiger partial charge in [-0.3, -0.25) is 19.5 Å². The highest BCUT2D eigenvalue weighted by Crippen LogP contribution is 2.41. The molecule has 2 atom stereocenters. The summed E-state index contributed by atoms with van der Waals surface area (Å²) in [6.07, 6.45) is 5.52. The van der Waals surface area contributed by atoms with Crippen molar-refractivity contribution in [3.05, 3.63) is 82.7 Å². The van der Waals surface area contributed by atoms with Gasteiger partial charge in [-0.05, 0) is 34.3 Å². The Bertz CT molecular complexity index is 1070. The number of rotatable bonds is 8. The number of benzene rings is 1. The van der Waals surface area contributed by atoms with Crippen molar-refractivity contribution in [1.29, 1.82) is 0 Å². The molecule has 1 aromatic carbocycles. The van der Waals surface area contributed by atoms with Gasteiger partial charge >= 0.3 is 5.97 Å². The zero-order valence-corrected chi connectivity index (χ0v) is 18.6. The summed E-state index contributed by atoms with van der Waals surface area (Å²) in [7, 11) is 0. The number of carboxylic acids is 1. The Hall–Kier alpha value is -3.04. The minimum Gasteiger partial charge on any atom is -0.477 e. The molecule has 1 saturated heterocycles. The van der Waals surface area contributed by atoms with Gasteiger partial charge in [0.05, 0.1) is 6.42 Å². The molecule has 2 aromatic rings. The maximum absolute atomic E-state index is 12.7. The number of hydrogen-bond donors (Lipinski definition) is 2. The molecule has 0 bridgehead atoms. The lowest BCUT2D eigenvalue weighted by Crippen LogP contribution is -2.70. The molecule has 164 valence electrons. The van der Waals surface area contributed by atoms with E-state index in [1.54, 1.807) is 12.4 Å². The highest BCUT2D eigenvalue weighted by molar-refractivity contribution is 8.02. The SMILES string of the molecule is O=C(Cc1ccccc1)NC1C(=O)N2C(C(=O)O)=C(CS/C=C\c3cccnc3)CS[C@H]12. The average Bonchev–Trinajstić information content (AvgIpc) is 2.81. The van der Waals surface area contributed by atoms with Gasteiger partial charge in [-0.15, -0.1) is 23.5 Å². The fourth-order valence-corrected chi connectivity index (χ4v) is 5.81. The predicted octanol–water partition coefficient (Wildman–Crippen LogP) is 2.77. The Balaban J connectivity index is 1.39. The van der Waals surface area contributed by atoms with Crippen LogP contribution in [0.1, 0.15) is 11.1 Å². The van der Waals surface area contributed by atoms with Gasteiger partial charge in [-0.2, -0.15) is 0 Å². The molecular weight excluding hydrogens is 446 g/mol. The lowest BCUT2D eigenvalue weighted by molar-refractivity contribution is -0.150. The molecule has 0 aliphatic carbocycles. The van der Waals surface area contributed by atoms with Crippen LogP contribution >= 0.6 is 23.5 Å². The molecule has 2 aliphatic heterocycles. The van der Waals surface area contributed by atoms with E-state index in [1.165, 1.54) is 28.4 Å². The molecule has 0 spiro atoms. The Morgan fingerprint density at radius 3 is 2.78 bits per heavy atom. The molecule has 2 aliphatic rings. The normalized spacial score (nSPS) is 20.1. The van der Waals surface area contributed by atoms with Crippen LogP contribution in [-0.4, -0.2) is 55.7 Å². The van der Waals surface area contributed by atoms with Gasteiger partial charge in [0.15, 0.2) is 0 Å². The van der Waals surface area contributed by atoms with Crippen molar-refractivity contribution in [2.45, 2.75) is 17.8 Å². The van der Waals surface area contributed by atoms with Gasteiger partial charge in [0.2, 0.25) is 5.91 Å². The molecule has 2 amide bonds. The van der Waals surface area contributed by atoms with Crippen molar-refractivity contribution in [3.8, 4) is 0 Å². The largest absolute Gasteiger partial charge is 0.477 e. The van der Waals surface area contributed by atoms with E-state index in [0.29, 0.717) is 17.1 Å². The first-order valence-corrected chi connectivity index (χ1v) is 12.1. The van der Waals surface area contributed by atoms with E-state index >= 15 is 0 Å². The summed E-state index contributed by atoms with van der Waals surface area (Å²) in [6, 6.07) is 12.3. The van der Waals surface area contributed by atoms with E-state index in [2.05, 4.69) is 10.3 Å². The first-order chi connectivity index (χ1) is 15.5. The monoisotopic (exact) mass is 467 g/mol. The Kier molecular flexibility index (Phi) is 6.96. The van der Waals surface area contributed by atoms with Crippen molar-refractivity contribution < 1.29 is 19.5 Å². The Labute approximate surface area is 194 Å². The van der Waals surface area contributed by atoms with Gasteiger partial charge in [0.1, 0.15) is 17.1 Å². The van der Waals surface area contributed by atoms with Crippen molar-refractivity contribution in [1.82, 2.24) is 15.2 Å². The third-order valence-electron chi connectivity index (χ3n) is 5.07. The first-order valence-electron chi connectivity index (χ1n) is 9.96. The maximum atomic E-state index is 12.7. The van der Waals surface area contributed by atoms with Crippen LogP contribution in [0.5, 0.6) is 0 Å². The number of β-lactam (4-membered cyclic amide) rings is 1. The number of nitrogens with zero attached hydrogens (tertiary/aromatic N) is 2. The molecule has 2 N–H and O–H groups in total. The van der Waals surface area contributed by atoms with Crippen LogP contribution in [0.25, 0.3) is 6.08 Å². The third-order valence-corrected chi connectivity index (χ3v) is 7.26. The standard InChI is InChI=1S/C23H21N3O4S2/c27-18(11-15-5-2-1-3-6-15)25-19-21(28)26-20(23(29)30)17(14-32-22(19)26)13-31-10-8-16-7-4-9-24-12-16/h1-10,12,19,22H,11,13-14H2,(H,25,27)(H,29,30)/b10-8-/t19?,22-/m1/s1. The van der Waals surface area contributed by atoms with Gasteiger partial charge < -0.3 is 10.4 Å². The highest BCUT2D eigenvalue weighted by atomic mass is 32.2. The van der Waals surface area contributed by atoms with Gasteiger partial charge in [0, 0.05) is 23.9 Å². The molecule has 0 saturated carbocycles. The van der Waals surface area contributed by atoms with Crippen molar-refractivity contribution in [2.75, 3.05) is 11.5 Å². The molecule has 3 heterocycles. The number of pyridine rings is 1. The second kappa shape index (κ2) is 10.1. The number of carbonyl (C=O) groups is 3. The summed E-state index contributed by atoms with van der Waals surface area (Å²) < 4.78 is 0. The molecule has 7 nitrogen and oxygen atoms in total. The third kappa shape index (κ3) is 4.89. The van der Waals surface area contributed by atoms with Crippen LogP contribution in [0, 0.1) is 0 Å². The van der Waals surface area contributed by atoms with E-state index in [0.717, 1.165) is 11.1 Å². The van der Waals surface area contributed by atoms with Crippen LogP contribution < -0.4 is 5.32 Å². The lowest BCUT2D eigenvalue weighted by Gasteiger charge is -2.49. The molecular formula is C23H21N3O4S2. The molecule has 1 fully saturated rings. The van der Waals surface area contributed by atoms with E-state index < -0.39 is 17.4 Å². The molecule has 4 rings (SSSR count). The number of amides is 2. The average molecular weight is 468 g/mol. The number of carboxylic acid groups (broad SMARTS) is 1.